The molecule has 266 valence electrons. The van der Waals surface area contributed by atoms with E-state index in [2.05, 4.69) is 205 Å². The van der Waals surface area contributed by atoms with Gasteiger partial charge in [0.15, 0.2) is 0 Å². The van der Waals surface area contributed by atoms with Gasteiger partial charge in [0.25, 0.3) is 0 Å². The molecule has 0 saturated heterocycles. The molecule has 3 aliphatic rings. The predicted octanol–water partition coefficient (Wildman–Crippen LogP) is 14.1. The number of aromatic nitrogens is 1. The second-order valence-electron chi connectivity index (χ2n) is 16.1. The standard InChI is InChI=1S/C55H35NO/c1-2-17-41(18-3-1)56-49-23-9-7-19-42(49)44-30-38(24-26-50(44)56)35-15-12-16-39(29-35)53-43-20-6-8-21-47(43)55(34-54(55)28-11-10-22-48(53)54)40-25-27-51-46(33-40)45-31-36-13-4-5-14-37(36)32-52(45)57-51/h1-33H,34H2. The van der Waals surface area contributed by atoms with Gasteiger partial charge < -0.3 is 8.98 Å². The Kier molecular flexibility index (Phi) is 6.12. The van der Waals surface area contributed by atoms with Gasteiger partial charge in [-0.3, -0.25) is 0 Å². The van der Waals surface area contributed by atoms with E-state index in [1.807, 2.05) is 0 Å². The number of hydrogen-bond acceptors (Lipinski definition) is 1. The van der Waals surface area contributed by atoms with Gasteiger partial charge in [-0.25, -0.2) is 0 Å². The van der Waals surface area contributed by atoms with E-state index < -0.39 is 0 Å². The van der Waals surface area contributed by atoms with Gasteiger partial charge >= 0.3 is 0 Å². The van der Waals surface area contributed by atoms with Crippen LogP contribution >= 0.6 is 0 Å². The van der Waals surface area contributed by atoms with E-state index in [0.29, 0.717) is 0 Å². The van der Waals surface area contributed by atoms with Crippen LogP contribution < -0.4 is 0 Å². The summed E-state index contributed by atoms with van der Waals surface area (Å²) >= 11 is 0. The van der Waals surface area contributed by atoms with E-state index in [1.165, 1.54) is 93.6 Å². The fraction of sp³-hybridized carbons (Fsp3) is 0.0545. The molecule has 8 aromatic carbocycles. The number of furan rings is 1. The molecule has 1 spiro atoms. The molecule has 0 aliphatic heterocycles. The minimum atomic E-state index is -0.173. The highest BCUT2D eigenvalue weighted by molar-refractivity contribution is 6.12. The summed E-state index contributed by atoms with van der Waals surface area (Å²) in [5, 5.41) is 7.33. The predicted molar refractivity (Wildman–Crippen MR) is 236 cm³/mol. The van der Waals surface area contributed by atoms with Crippen LogP contribution in [0.3, 0.4) is 0 Å². The van der Waals surface area contributed by atoms with Crippen LogP contribution in [0, 0.1) is 5.41 Å². The third-order valence-electron chi connectivity index (χ3n) is 13.3. The Balaban J connectivity index is 0.973. The summed E-state index contributed by atoms with van der Waals surface area (Å²) in [6.45, 7) is 0. The Labute approximate surface area is 329 Å². The number of hydrogen-bond donors (Lipinski definition) is 0. The fourth-order valence-electron chi connectivity index (χ4n) is 10.8. The van der Waals surface area contributed by atoms with Crippen LogP contribution in [0.25, 0.3) is 76.9 Å². The largest absolute Gasteiger partial charge is 0.456 e. The van der Waals surface area contributed by atoms with Crippen LogP contribution in [0.15, 0.2) is 210 Å². The van der Waals surface area contributed by atoms with Crippen LogP contribution in [0.2, 0.25) is 0 Å². The molecule has 1 saturated carbocycles. The first kappa shape index (κ1) is 31.1. The number of benzene rings is 8. The van der Waals surface area contributed by atoms with E-state index >= 15 is 0 Å². The maximum Gasteiger partial charge on any atom is 0.136 e. The number of fused-ring (bicyclic) bond motifs is 9. The van der Waals surface area contributed by atoms with Gasteiger partial charge in [0.1, 0.15) is 11.2 Å². The maximum absolute atomic E-state index is 6.48. The monoisotopic (exact) mass is 725 g/mol. The SMILES string of the molecule is C1=CC2=C(c3cccc(-c4ccc5c(c4)c4ccccc4n5-c4ccccc4)c3)c3ccccc3C3(c4ccc5oc6cc7ccccc7cc6c5c4)CC23C=C1. The summed E-state index contributed by atoms with van der Waals surface area (Å²) in [6.07, 6.45) is 10.4. The Hall–Kier alpha value is -7.16. The number of allylic oxidation sites excluding steroid dienone is 5. The van der Waals surface area contributed by atoms with E-state index in [4.69, 9.17) is 4.42 Å². The molecular formula is C55H35NO. The lowest BCUT2D eigenvalue weighted by Gasteiger charge is -2.36. The molecule has 2 unspecified atom stereocenters. The van der Waals surface area contributed by atoms with Gasteiger partial charge in [-0.05, 0) is 122 Å². The lowest BCUT2D eigenvalue weighted by molar-refractivity contribution is 0.645. The van der Waals surface area contributed by atoms with Crippen molar-refractivity contribution in [2.24, 2.45) is 5.41 Å². The number of nitrogens with zero attached hydrogens (tertiary/aromatic N) is 1. The van der Waals surface area contributed by atoms with Gasteiger partial charge in [0.05, 0.1) is 11.0 Å². The van der Waals surface area contributed by atoms with Crippen LogP contribution in [-0.2, 0) is 5.41 Å². The molecule has 57 heavy (non-hydrogen) atoms. The number of para-hydroxylation sites is 2. The Morgan fingerprint density at radius 3 is 2.18 bits per heavy atom. The highest BCUT2D eigenvalue weighted by atomic mass is 16.3. The van der Waals surface area contributed by atoms with Crippen molar-refractivity contribution in [2.75, 3.05) is 0 Å². The molecule has 1 fully saturated rings. The van der Waals surface area contributed by atoms with Crippen molar-refractivity contribution in [3.8, 4) is 16.8 Å². The van der Waals surface area contributed by atoms with Crippen molar-refractivity contribution < 1.29 is 4.42 Å². The van der Waals surface area contributed by atoms with Gasteiger partial charge in [-0.2, -0.15) is 0 Å². The second-order valence-corrected chi connectivity index (χ2v) is 16.1. The first-order chi connectivity index (χ1) is 28.2. The van der Waals surface area contributed by atoms with Crippen molar-refractivity contribution in [1.82, 2.24) is 4.57 Å². The van der Waals surface area contributed by atoms with E-state index in [0.717, 1.165) is 17.6 Å². The summed E-state index contributed by atoms with van der Waals surface area (Å²) in [6, 6.07) is 64.9. The van der Waals surface area contributed by atoms with Crippen molar-refractivity contribution in [2.45, 2.75) is 11.8 Å². The molecule has 13 rings (SSSR count). The third-order valence-corrected chi connectivity index (χ3v) is 13.3. The minimum Gasteiger partial charge on any atom is -0.456 e. The minimum absolute atomic E-state index is 0.139. The van der Waals surface area contributed by atoms with Gasteiger partial charge in [0.2, 0.25) is 0 Å². The fourth-order valence-corrected chi connectivity index (χ4v) is 10.8. The normalized spacial score (nSPS) is 19.4. The Morgan fingerprint density at radius 1 is 0.491 bits per heavy atom. The first-order valence-electron chi connectivity index (χ1n) is 20.0. The summed E-state index contributed by atoms with van der Waals surface area (Å²) in [7, 11) is 0. The van der Waals surface area contributed by atoms with Gasteiger partial charge in [0, 0.05) is 38.1 Å². The average molecular weight is 726 g/mol. The Morgan fingerprint density at radius 2 is 1.25 bits per heavy atom. The summed E-state index contributed by atoms with van der Waals surface area (Å²) < 4.78 is 8.86. The highest BCUT2D eigenvalue weighted by Crippen LogP contribution is 2.77. The zero-order valence-corrected chi connectivity index (χ0v) is 31.1. The van der Waals surface area contributed by atoms with Gasteiger partial charge in [-0.15, -0.1) is 0 Å². The van der Waals surface area contributed by atoms with Crippen LogP contribution in [0.5, 0.6) is 0 Å². The van der Waals surface area contributed by atoms with E-state index in [9.17, 15) is 0 Å². The van der Waals surface area contributed by atoms with E-state index in [-0.39, 0.29) is 10.8 Å². The van der Waals surface area contributed by atoms with Crippen molar-refractivity contribution in [3.05, 3.63) is 228 Å². The third kappa shape index (κ3) is 4.14. The lowest BCUT2D eigenvalue weighted by Crippen LogP contribution is -2.27. The first-order valence-corrected chi connectivity index (χ1v) is 20.0. The summed E-state index contributed by atoms with van der Waals surface area (Å²) in [5.41, 5.74) is 15.7. The molecule has 2 heterocycles. The quantitative estimate of drug-likeness (QED) is 0.177. The molecule has 10 aromatic rings. The Bertz CT molecular complexity index is 3440. The molecular weight excluding hydrogens is 691 g/mol. The van der Waals surface area contributed by atoms with Gasteiger partial charge in [-0.1, -0.05) is 140 Å². The van der Waals surface area contributed by atoms with Crippen LogP contribution in [-0.4, -0.2) is 4.57 Å². The highest BCUT2D eigenvalue weighted by Gasteiger charge is 2.71. The average Bonchev–Trinajstić information content (AvgIpc) is 3.66. The zero-order chi connectivity index (χ0) is 37.3. The molecule has 2 aromatic heterocycles. The topological polar surface area (TPSA) is 18.1 Å². The maximum atomic E-state index is 6.48. The lowest BCUT2D eigenvalue weighted by atomic mass is 9.66. The zero-order valence-electron chi connectivity index (χ0n) is 31.1. The molecule has 0 radical (unpaired) electrons. The summed E-state index contributed by atoms with van der Waals surface area (Å²) in [5.74, 6) is 0. The second kappa shape index (κ2) is 11.2. The molecule has 3 aliphatic carbocycles. The summed E-state index contributed by atoms with van der Waals surface area (Å²) in [4.78, 5) is 0. The van der Waals surface area contributed by atoms with E-state index in [1.54, 1.807) is 0 Å². The van der Waals surface area contributed by atoms with Crippen molar-refractivity contribution in [1.29, 1.82) is 0 Å². The van der Waals surface area contributed by atoms with Crippen LogP contribution in [0.1, 0.15) is 28.7 Å². The molecule has 2 heteroatoms. The number of rotatable bonds is 4. The molecule has 2 atom stereocenters. The van der Waals surface area contributed by atoms with Crippen molar-refractivity contribution in [3.63, 3.8) is 0 Å². The molecule has 0 amide bonds. The van der Waals surface area contributed by atoms with Crippen molar-refractivity contribution >= 4 is 60.1 Å². The van der Waals surface area contributed by atoms with Crippen LogP contribution in [0.4, 0.5) is 0 Å². The molecule has 2 nitrogen and oxygen atoms in total. The smallest absolute Gasteiger partial charge is 0.136 e. The molecule has 0 N–H and O–H groups in total. The molecule has 0 bridgehead atoms.